The highest BCUT2D eigenvalue weighted by molar-refractivity contribution is 5.81. The smallest absolute Gasteiger partial charge is 0.159 e. The zero-order valence-electron chi connectivity index (χ0n) is 6.10. The summed E-state index contributed by atoms with van der Waals surface area (Å²) in [5.41, 5.74) is 0.563. The van der Waals surface area contributed by atoms with Crippen molar-refractivity contribution in [3.63, 3.8) is 0 Å². The van der Waals surface area contributed by atoms with Gasteiger partial charge in [-0.25, -0.2) is 0 Å². The Labute approximate surface area is 68.1 Å². The SMILES string of the molecule is Oc1cc2ccnnc2cc1O. The van der Waals surface area contributed by atoms with E-state index in [1.165, 1.54) is 18.3 Å². The molecular weight excluding hydrogens is 156 g/mol. The van der Waals surface area contributed by atoms with Crippen molar-refractivity contribution in [2.75, 3.05) is 0 Å². The molecule has 0 aliphatic rings. The lowest BCUT2D eigenvalue weighted by Gasteiger charge is -1.98. The second-order valence-electron chi connectivity index (χ2n) is 2.43. The van der Waals surface area contributed by atoms with Gasteiger partial charge in [0.2, 0.25) is 0 Å². The van der Waals surface area contributed by atoms with E-state index in [9.17, 15) is 0 Å². The molecule has 2 aromatic rings. The molecule has 4 heteroatoms. The number of nitrogens with zero attached hydrogens (tertiary/aromatic N) is 2. The molecule has 0 spiro atoms. The van der Waals surface area contributed by atoms with Crippen molar-refractivity contribution in [2.45, 2.75) is 0 Å². The van der Waals surface area contributed by atoms with Crippen molar-refractivity contribution in [1.29, 1.82) is 0 Å². The first-order valence-electron chi connectivity index (χ1n) is 3.41. The topological polar surface area (TPSA) is 66.2 Å². The predicted molar refractivity (Wildman–Crippen MR) is 42.9 cm³/mol. The highest BCUT2D eigenvalue weighted by Crippen LogP contribution is 2.28. The number of phenols is 2. The van der Waals surface area contributed by atoms with Gasteiger partial charge in [-0.1, -0.05) is 0 Å². The monoisotopic (exact) mass is 162 g/mol. The summed E-state index contributed by atoms with van der Waals surface area (Å²) in [5, 5.41) is 26.4. The van der Waals surface area contributed by atoms with E-state index in [4.69, 9.17) is 10.2 Å². The zero-order chi connectivity index (χ0) is 8.55. The highest BCUT2D eigenvalue weighted by atomic mass is 16.3. The van der Waals surface area contributed by atoms with Crippen LogP contribution in [0.5, 0.6) is 11.5 Å². The Hall–Kier alpha value is -1.84. The molecule has 0 fully saturated rings. The standard InChI is InChI=1S/C8H6N2O2/c11-7-3-5-1-2-9-10-6(5)4-8(7)12/h1-4,11-12H. The Balaban J connectivity index is 2.84. The molecule has 0 radical (unpaired) electrons. The highest BCUT2D eigenvalue weighted by Gasteiger charge is 2.01. The minimum atomic E-state index is -0.178. The van der Waals surface area contributed by atoms with E-state index < -0.39 is 0 Å². The molecule has 1 heterocycles. The summed E-state index contributed by atoms with van der Waals surface area (Å²) in [6.45, 7) is 0. The molecule has 0 saturated carbocycles. The van der Waals surface area contributed by atoms with Crippen LogP contribution in [0.4, 0.5) is 0 Å². The lowest BCUT2D eigenvalue weighted by atomic mass is 10.2. The molecule has 0 aliphatic carbocycles. The number of phenolic OH excluding ortho intramolecular Hbond substituents is 2. The lowest BCUT2D eigenvalue weighted by molar-refractivity contribution is 0.404. The van der Waals surface area contributed by atoms with Gasteiger partial charge in [0.15, 0.2) is 11.5 Å². The summed E-state index contributed by atoms with van der Waals surface area (Å²) in [5.74, 6) is -0.321. The third kappa shape index (κ3) is 0.934. The van der Waals surface area contributed by atoms with E-state index >= 15 is 0 Å². The average Bonchev–Trinajstić information content (AvgIpc) is 2.07. The number of hydrogen-bond acceptors (Lipinski definition) is 4. The Morgan fingerprint density at radius 3 is 2.67 bits per heavy atom. The molecule has 60 valence electrons. The second-order valence-corrected chi connectivity index (χ2v) is 2.43. The summed E-state index contributed by atoms with van der Waals surface area (Å²) in [7, 11) is 0. The Morgan fingerprint density at radius 1 is 1.08 bits per heavy atom. The molecular formula is C8H6N2O2. The van der Waals surface area contributed by atoms with Gasteiger partial charge in [0.05, 0.1) is 11.7 Å². The Morgan fingerprint density at radius 2 is 1.83 bits per heavy atom. The first-order valence-corrected chi connectivity index (χ1v) is 3.41. The van der Waals surface area contributed by atoms with Crippen LogP contribution < -0.4 is 0 Å². The van der Waals surface area contributed by atoms with Gasteiger partial charge in [0.1, 0.15) is 0 Å². The van der Waals surface area contributed by atoms with E-state index in [1.54, 1.807) is 6.07 Å². The van der Waals surface area contributed by atoms with Crippen LogP contribution in [0.2, 0.25) is 0 Å². The van der Waals surface area contributed by atoms with Crippen molar-refractivity contribution < 1.29 is 10.2 Å². The molecule has 0 aliphatic heterocycles. The zero-order valence-corrected chi connectivity index (χ0v) is 6.10. The number of rotatable bonds is 0. The van der Waals surface area contributed by atoms with Gasteiger partial charge in [-0.2, -0.15) is 10.2 Å². The van der Waals surface area contributed by atoms with Gasteiger partial charge < -0.3 is 10.2 Å². The normalized spacial score (nSPS) is 10.3. The van der Waals surface area contributed by atoms with Crippen molar-refractivity contribution in [2.24, 2.45) is 0 Å². The van der Waals surface area contributed by atoms with Gasteiger partial charge in [-0.15, -0.1) is 0 Å². The van der Waals surface area contributed by atoms with Crippen LogP contribution in [-0.4, -0.2) is 20.4 Å². The molecule has 12 heavy (non-hydrogen) atoms. The second kappa shape index (κ2) is 2.34. The van der Waals surface area contributed by atoms with Gasteiger partial charge in [0.25, 0.3) is 0 Å². The quantitative estimate of drug-likeness (QED) is 0.568. The number of fused-ring (bicyclic) bond motifs is 1. The molecule has 1 aromatic heterocycles. The lowest BCUT2D eigenvalue weighted by Crippen LogP contribution is -1.81. The van der Waals surface area contributed by atoms with Crippen LogP contribution in [0.15, 0.2) is 24.4 Å². The van der Waals surface area contributed by atoms with E-state index in [2.05, 4.69) is 10.2 Å². The number of aromatic hydroxyl groups is 2. The van der Waals surface area contributed by atoms with Gasteiger partial charge in [-0.3, -0.25) is 0 Å². The summed E-state index contributed by atoms with van der Waals surface area (Å²) in [4.78, 5) is 0. The number of hydrogen-bond donors (Lipinski definition) is 2. The first-order chi connectivity index (χ1) is 5.77. The van der Waals surface area contributed by atoms with Crippen molar-refractivity contribution in [3.8, 4) is 11.5 Å². The summed E-state index contributed by atoms with van der Waals surface area (Å²) in [6.07, 6.45) is 1.53. The van der Waals surface area contributed by atoms with Crippen LogP contribution in [0.25, 0.3) is 10.9 Å². The van der Waals surface area contributed by atoms with Gasteiger partial charge >= 0.3 is 0 Å². The fraction of sp³-hybridized carbons (Fsp3) is 0. The fourth-order valence-electron chi connectivity index (χ4n) is 1.01. The minimum absolute atomic E-state index is 0.143. The first kappa shape index (κ1) is 6.84. The van der Waals surface area contributed by atoms with Crippen LogP contribution in [-0.2, 0) is 0 Å². The van der Waals surface area contributed by atoms with Crippen LogP contribution >= 0.6 is 0 Å². The summed E-state index contributed by atoms with van der Waals surface area (Å²) < 4.78 is 0. The van der Waals surface area contributed by atoms with Crippen molar-refractivity contribution in [1.82, 2.24) is 10.2 Å². The molecule has 2 rings (SSSR count). The molecule has 0 unspecified atom stereocenters. The Kier molecular flexibility index (Phi) is 1.33. The van der Waals surface area contributed by atoms with E-state index in [1.807, 2.05) is 0 Å². The van der Waals surface area contributed by atoms with Crippen molar-refractivity contribution >= 4 is 10.9 Å². The van der Waals surface area contributed by atoms with Crippen LogP contribution in [0, 0.1) is 0 Å². The van der Waals surface area contributed by atoms with E-state index in [-0.39, 0.29) is 11.5 Å². The molecule has 0 saturated heterocycles. The maximum Gasteiger partial charge on any atom is 0.159 e. The predicted octanol–water partition coefficient (Wildman–Crippen LogP) is 1.04. The van der Waals surface area contributed by atoms with Crippen molar-refractivity contribution in [3.05, 3.63) is 24.4 Å². The Bertz CT molecular complexity index is 388. The average molecular weight is 162 g/mol. The molecule has 4 nitrogen and oxygen atoms in total. The molecule has 0 atom stereocenters. The van der Waals surface area contributed by atoms with Crippen LogP contribution in [0.3, 0.4) is 0 Å². The molecule has 1 aromatic carbocycles. The minimum Gasteiger partial charge on any atom is -0.504 e. The van der Waals surface area contributed by atoms with Crippen LogP contribution in [0.1, 0.15) is 0 Å². The maximum absolute atomic E-state index is 9.12. The third-order valence-electron chi connectivity index (χ3n) is 1.61. The number of benzene rings is 1. The van der Waals surface area contributed by atoms with Gasteiger partial charge in [-0.05, 0) is 12.1 Å². The maximum atomic E-state index is 9.12. The fourth-order valence-corrected chi connectivity index (χ4v) is 1.01. The third-order valence-corrected chi connectivity index (χ3v) is 1.61. The largest absolute Gasteiger partial charge is 0.504 e. The molecule has 0 amide bonds. The van der Waals surface area contributed by atoms with E-state index in [0.717, 1.165) is 5.39 Å². The van der Waals surface area contributed by atoms with Gasteiger partial charge in [0, 0.05) is 11.5 Å². The van der Waals surface area contributed by atoms with E-state index in [0.29, 0.717) is 5.52 Å². The molecule has 2 N–H and O–H groups in total. The summed E-state index contributed by atoms with van der Waals surface area (Å²) in [6, 6.07) is 4.53. The summed E-state index contributed by atoms with van der Waals surface area (Å²) >= 11 is 0. The number of aromatic nitrogens is 2. The molecule has 0 bridgehead atoms.